The van der Waals surface area contributed by atoms with E-state index in [-0.39, 0.29) is 5.75 Å². The SMILES string of the molecule is Cc1ccc(C(N)c2cccc(OC(F)(F)F)c2)s1. The van der Waals surface area contributed by atoms with Gasteiger partial charge in [0.05, 0.1) is 6.04 Å². The molecule has 1 atom stereocenters. The Labute approximate surface area is 112 Å². The van der Waals surface area contributed by atoms with Gasteiger partial charge in [0.1, 0.15) is 5.75 Å². The number of aryl methyl sites for hydroxylation is 1. The molecule has 2 nitrogen and oxygen atoms in total. The molecule has 0 aliphatic heterocycles. The van der Waals surface area contributed by atoms with Crippen molar-refractivity contribution in [1.82, 2.24) is 0 Å². The van der Waals surface area contributed by atoms with E-state index in [1.807, 2.05) is 19.1 Å². The topological polar surface area (TPSA) is 35.2 Å². The quantitative estimate of drug-likeness (QED) is 0.926. The standard InChI is InChI=1S/C13H12F3NOS/c1-8-5-6-11(19-8)12(17)9-3-2-4-10(7-9)18-13(14,15)16/h2-7,12H,17H2,1H3. The third-order valence-corrected chi connectivity index (χ3v) is 3.60. The van der Waals surface area contributed by atoms with Gasteiger partial charge in [-0.25, -0.2) is 0 Å². The van der Waals surface area contributed by atoms with Crippen LogP contribution >= 0.6 is 11.3 Å². The molecule has 1 unspecified atom stereocenters. The molecule has 0 saturated heterocycles. The molecular formula is C13H12F3NOS. The number of hydrogen-bond acceptors (Lipinski definition) is 3. The fourth-order valence-corrected chi connectivity index (χ4v) is 2.60. The second kappa shape index (κ2) is 5.22. The first-order valence-corrected chi connectivity index (χ1v) is 6.34. The van der Waals surface area contributed by atoms with Crippen molar-refractivity contribution >= 4 is 11.3 Å². The summed E-state index contributed by atoms with van der Waals surface area (Å²) in [5.41, 5.74) is 6.62. The lowest BCUT2D eigenvalue weighted by Crippen LogP contribution is -2.17. The summed E-state index contributed by atoms with van der Waals surface area (Å²) in [7, 11) is 0. The first kappa shape index (κ1) is 13.9. The van der Waals surface area contributed by atoms with Crippen molar-refractivity contribution in [2.24, 2.45) is 5.73 Å². The minimum absolute atomic E-state index is 0.256. The van der Waals surface area contributed by atoms with E-state index in [4.69, 9.17) is 5.73 Å². The average Bonchev–Trinajstić information content (AvgIpc) is 2.73. The lowest BCUT2D eigenvalue weighted by Gasteiger charge is -2.13. The van der Waals surface area contributed by atoms with Gasteiger partial charge in [0.2, 0.25) is 0 Å². The molecule has 0 saturated carbocycles. The molecule has 19 heavy (non-hydrogen) atoms. The Balaban J connectivity index is 2.23. The predicted molar refractivity (Wildman–Crippen MR) is 68.2 cm³/mol. The Morgan fingerprint density at radius 1 is 1.21 bits per heavy atom. The molecule has 1 aromatic carbocycles. The monoisotopic (exact) mass is 287 g/mol. The third kappa shape index (κ3) is 3.71. The molecule has 0 fully saturated rings. The Kier molecular flexibility index (Phi) is 3.82. The molecule has 2 N–H and O–H groups in total. The van der Waals surface area contributed by atoms with Crippen molar-refractivity contribution < 1.29 is 17.9 Å². The molecule has 0 bridgehead atoms. The number of halogens is 3. The summed E-state index contributed by atoms with van der Waals surface area (Å²) < 4.78 is 40.3. The summed E-state index contributed by atoms with van der Waals surface area (Å²) in [6, 6.07) is 9.10. The third-order valence-electron chi connectivity index (χ3n) is 2.52. The zero-order valence-corrected chi connectivity index (χ0v) is 10.9. The molecule has 1 aromatic heterocycles. The molecule has 6 heteroatoms. The van der Waals surface area contributed by atoms with Crippen LogP contribution in [-0.2, 0) is 0 Å². The molecule has 0 radical (unpaired) electrons. The van der Waals surface area contributed by atoms with Crippen LogP contribution in [0.4, 0.5) is 13.2 Å². The Bertz CT molecular complexity index is 565. The smallest absolute Gasteiger partial charge is 0.406 e. The van der Waals surface area contributed by atoms with Gasteiger partial charge in [-0.05, 0) is 36.8 Å². The summed E-state index contributed by atoms with van der Waals surface area (Å²) in [6.07, 6.45) is -4.69. The lowest BCUT2D eigenvalue weighted by atomic mass is 10.1. The van der Waals surface area contributed by atoms with E-state index in [0.29, 0.717) is 5.56 Å². The number of nitrogens with two attached hydrogens (primary N) is 1. The first-order valence-electron chi connectivity index (χ1n) is 5.53. The van der Waals surface area contributed by atoms with Crippen LogP contribution in [0.2, 0.25) is 0 Å². The van der Waals surface area contributed by atoms with E-state index < -0.39 is 12.4 Å². The van der Waals surface area contributed by atoms with Gasteiger partial charge in [-0.1, -0.05) is 12.1 Å². The van der Waals surface area contributed by atoms with Crippen LogP contribution in [0.3, 0.4) is 0 Å². The fraction of sp³-hybridized carbons (Fsp3) is 0.231. The molecule has 1 heterocycles. The largest absolute Gasteiger partial charge is 0.573 e. The molecule has 0 aliphatic rings. The number of thiophene rings is 1. The van der Waals surface area contributed by atoms with Gasteiger partial charge in [-0.15, -0.1) is 24.5 Å². The van der Waals surface area contributed by atoms with E-state index in [1.165, 1.54) is 29.5 Å². The molecular weight excluding hydrogens is 275 g/mol. The second-order valence-electron chi connectivity index (χ2n) is 4.05. The Morgan fingerprint density at radius 2 is 1.95 bits per heavy atom. The van der Waals surface area contributed by atoms with Crippen molar-refractivity contribution in [2.45, 2.75) is 19.3 Å². The molecule has 102 valence electrons. The van der Waals surface area contributed by atoms with Crippen LogP contribution in [0.15, 0.2) is 36.4 Å². The number of hydrogen-bond donors (Lipinski definition) is 1. The normalized spacial score (nSPS) is 13.3. The van der Waals surface area contributed by atoms with Crippen molar-refractivity contribution in [1.29, 1.82) is 0 Å². The van der Waals surface area contributed by atoms with E-state index in [1.54, 1.807) is 6.07 Å². The first-order chi connectivity index (χ1) is 8.85. The van der Waals surface area contributed by atoms with E-state index in [0.717, 1.165) is 9.75 Å². The van der Waals surface area contributed by atoms with Crippen molar-refractivity contribution in [3.63, 3.8) is 0 Å². The molecule has 0 aliphatic carbocycles. The summed E-state index contributed by atoms with van der Waals surface area (Å²) in [5.74, 6) is -0.256. The molecule has 2 aromatic rings. The lowest BCUT2D eigenvalue weighted by molar-refractivity contribution is -0.274. The van der Waals surface area contributed by atoms with E-state index >= 15 is 0 Å². The van der Waals surface area contributed by atoms with Crippen LogP contribution in [-0.4, -0.2) is 6.36 Å². The fourth-order valence-electron chi connectivity index (χ4n) is 1.69. The Morgan fingerprint density at radius 3 is 2.53 bits per heavy atom. The van der Waals surface area contributed by atoms with Crippen molar-refractivity contribution in [2.75, 3.05) is 0 Å². The molecule has 0 spiro atoms. The summed E-state index contributed by atoms with van der Waals surface area (Å²) >= 11 is 1.52. The maximum Gasteiger partial charge on any atom is 0.573 e. The van der Waals surface area contributed by atoms with Gasteiger partial charge in [0.15, 0.2) is 0 Å². The average molecular weight is 287 g/mol. The molecule has 0 amide bonds. The van der Waals surface area contributed by atoms with Crippen LogP contribution in [0.1, 0.15) is 21.4 Å². The van der Waals surface area contributed by atoms with Crippen LogP contribution in [0.5, 0.6) is 5.75 Å². The Hall–Kier alpha value is -1.53. The highest BCUT2D eigenvalue weighted by molar-refractivity contribution is 7.12. The summed E-state index contributed by atoms with van der Waals surface area (Å²) in [5, 5.41) is 0. The van der Waals surface area contributed by atoms with Crippen LogP contribution in [0.25, 0.3) is 0 Å². The second-order valence-corrected chi connectivity index (χ2v) is 5.37. The maximum absolute atomic E-state index is 12.1. The van der Waals surface area contributed by atoms with Crippen LogP contribution < -0.4 is 10.5 Å². The van der Waals surface area contributed by atoms with E-state index in [9.17, 15) is 13.2 Å². The van der Waals surface area contributed by atoms with Gasteiger partial charge in [0, 0.05) is 9.75 Å². The van der Waals surface area contributed by atoms with Gasteiger partial charge in [0.25, 0.3) is 0 Å². The van der Waals surface area contributed by atoms with Gasteiger partial charge >= 0.3 is 6.36 Å². The van der Waals surface area contributed by atoms with Gasteiger partial charge in [-0.3, -0.25) is 0 Å². The highest BCUT2D eigenvalue weighted by atomic mass is 32.1. The zero-order valence-electron chi connectivity index (χ0n) is 10.1. The highest BCUT2D eigenvalue weighted by Gasteiger charge is 2.31. The number of alkyl halides is 3. The minimum Gasteiger partial charge on any atom is -0.406 e. The number of benzene rings is 1. The van der Waals surface area contributed by atoms with Crippen molar-refractivity contribution in [3.05, 3.63) is 51.7 Å². The summed E-state index contributed by atoms with van der Waals surface area (Å²) in [6.45, 7) is 1.95. The number of rotatable bonds is 3. The highest BCUT2D eigenvalue weighted by Crippen LogP contribution is 2.30. The summed E-state index contributed by atoms with van der Waals surface area (Å²) in [4.78, 5) is 2.01. The molecule has 2 rings (SSSR count). The van der Waals surface area contributed by atoms with Crippen molar-refractivity contribution in [3.8, 4) is 5.75 Å². The minimum atomic E-state index is -4.69. The van der Waals surface area contributed by atoms with Crippen LogP contribution in [0, 0.1) is 6.92 Å². The maximum atomic E-state index is 12.1. The number of ether oxygens (including phenoxy) is 1. The van der Waals surface area contributed by atoms with Gasteiger partial charge < -0.3 is 10.5 Å². The zero-order chi connectivity index (χ0) is 14.0. The van der Waals surface area contributed by atoms with E-state index in [2.05, 4.69) is 4.74 Å². The predicted octanol–water partition coefficient (Wildman–Crippen LogP) is 4.00. The van der Waals surface area contributed by atoms with Gasteiger partial charge in [-0.2, -0.15) is 0 Å².